The van der Waals surface area contributed by atoms with Gasteiger partial charge in [-0.25, -0.2) is 9.78 Å². The zero-order chi connectivity index (χ0) is 16.9. The van der Waals surface area contributed by atoms with E-state index in [4.69, 9.17) is 4.74 Å². The molecule has 2 heterocycles. The first-order valence-corrected chi connectivity index (χ1v) is 8.22. The lowest BCUT2D eigenvalue weighted by molar-refractivity contribution is 0.0601. The molecule has 0 atom stereocenters. The number of ether oxygens (including phenoxy) is 1. The summed E-state index contributed by atoms with van der Waals surface area (Å²) in [5, 5.41) is 3.21. The van der Waals surface area contributed by atoms with E-state index >= 15 is 0 Å². The predicted molar refractivity (Wildman–Crippen MR) is 93.9 cm³/mol. The van der Waals surface area contributed by atoms with Gasteiger partial charge in [0.05, 0.1) is 12.7 Å². The van der Waals surface area contributed by atoms with Crippen LogP contribution in [0.15, 0.2) is 30.3 Å². The van der Waals surface area contributed by atoms with Gasteiger partial charge < -0.3 is 15.0 Å². The van der Waals surface area contributed by atoms with Crippen LogP contribution >= 0.6 is 0 Å². The monoisotopic (exact) mass is 326 g/mol. The summed E-state index contributed by atoms with van der Waals surface area (Å²) < 4.78 is 4.70. The third kappa shape index (κ3) is 3.82. The van der Waals surface area contributed by atoms with Crippen molar-refractivity contribution in [2.45, 2.75) is 26.2 Å². The minimum atomic E-state index is -0.347. The van der Waals surface area contributed by atoms with Crippen molar-refractivity contribution in [2.24, 2.45) is 0 Å². The number of hydrogen-bond acceptors (Lipinski definition) is 6. The van der Waals surface area contributed by atoms with Crippen molar-refractivity contribution in [3.05, 3.63) is 41.6 Å². The molecule has 0 amide bonds. The van der Waals surface area contributed by atoms with Crippen LogP contribution in [0.1, 0.15) is 35.3 Å². The van der Waals surface area contributed by atoms with Gasteiger partial charge in [-0.05, 0) is 50.5 Å². The maximum absolute atomic E-state index is 11.5. The van der Waals surface area contributed by atoms with E-state index in [2.05, 4.69) is 20.2 Å². The van der Waals surface area contributed by atoms with E-state index in [0.717, 1.165) is 30.3 Å². The van der Waals surface area contributed by atoms with Gasteiger partial charge in [-0.2, -0.15) is 4.98 Å². The Bertz CT molecular complexity index is 709. The molecule has 24 heavy (non-hydrogen) atoms. The summed E-state index contributed by atoms with van der Waals surface area (Å²) >= 11 is 0. The van der Waals surface area contributed by atoms with E-state index in [0.29, 0.717) is 11.5 Å². The summed E-state index contributed by atoms with van der Waals surface area (Å²) in [6, 6.07) is 9.10. The number of carbonyl (C=O) groups is 1. The van der Waals surface area contributed by atoms with Crippen LogP contribution in [0.4, 0.5) is 17.5 Å². The molecule has 126 valence electrons. The van der Waals surface area contributed by atoms with Crippen molar-refractivity contribution < 1.29 is 9.53 Å². The van der Waals surface area contributed by atoms with Crippen molar-refractivity contribution >= 4 is 23.4 Å². The molecular formula is C18H22N4O2. The van der Waals surface area contributed by atoms with E-state index in [-0.39, 0.29) is 5.97 Å². The van der Waals surface area contributed by atoms with E-state index < -0.39 is 0 Å². The van der Waals surface area contributed by atoms with Gasteiger partial charge in [0.1, 0.15) is 5.82 Å². The highest BCUT2D eigenvalue weighted by Crippen LogP contribution is 2.21. The fourth-order valence-corrected chi connectivity index (χ4v) is 2.83. The largest absolute Gasteiger partial charge is 0.465 e. The highest BCUT2D eigenvalue weighted by atomic mass is 16.5. The van der Waals surface area contributed by atoms with Gasteiger partial charge in [0.15, 0.2) is 0 Å². The molecule has 1 aromatic carbocycles. The van der Waals surface area contributed by atoms with Gasteiger partial charge in [0.25, 0.3) is 0 Å². The Morgan fingerprint density at radius 1 is 1.12 bits per heavy atom. The van der Waals surface area contributed by atoms with Crippen LogP contribution in [0.5, 0.6) is 0 Å². The molecule has 1 N–H and O–H groups in total. The molecule has 1 aromatic heterocycles. The van der Waals surface area contributed by atoms with E-state index in [1.165, 1.54) is 26.4 Å². The lowest BCUT2D eigenvalue weighted by Gasteiger charge is -2.28. The quantitative estimate of drug-likeness (QED) is 0.870. The highest BCUT2D eigenvalue weighted by Gasteiger charge is 2.14. The van der Waals surface area contributed by atoms with Crippen molar-refractivity contribution in [1.29, 1.82) is 0 Å². The standard InChI is InChI=1S/C18H22N4O2/c1-13-12-16(22-10-4-3-5-11-22)21-18(19-13)20-15-8-6-14(7-9-15)17(23)24-2/h6-9,12H,3-5,10-11H2,1-2H3,(H,19,20,21). The Morgan fingerprint density at radius 2 is 1.83 bits per heavy atom. The average Bonchev–Trinajstić information content (AvgIpc) is 2.62. The normalized spacial score (nSPS) is 14.3. The lowest BCUT2D eigenvalue weighted by Crippen LogP contribution is -2.30. The number of piperidine rings is 1. The van der Waals surface area contributed by atoms with Crippen molar-refractivity contribution in [1.82, 2.24) is 9.97 Å². The molecule has 1 fully saturated rings. The molecule has 2 aromatic rings. The second-order valence-corrected chi connectivity index (χ2v) is 5.93. The second-order valence-electron chi connectivity index (χ2n) is 5.93. The number of aromatic nitrogens is 2. The molecule has 0 aliphatic carbocycles. The zero-order valence-corrected chi connectivity index (χ0v) is 14.1. The van der Waals surface area contributed by atoms with Gasteiger partial charge in [-0.3, -0.25) is 0 Å². The maximum atomic E-state index is 11.5. The van der Waals surface area contributed by atoms with Crippen LogP contribution in [-0.2, 0) is 4.74 Å². The third-order valence-electron chi connectivity index (χ3n) is 4.08. The van der Waals surface area contributed by atoms with Gasteiger partial charge in [0.2, 0.25) is 5.95 Å². The maximum Gasteiger partial charge on any atom is 0.337 e. The van der Waals surface area contributed by atoms with Crippen LogP contribution in [0.25, 0.3) is 0 Å². The molecule has 0 spiro atoms. The third-order valence-corrected chi connectivity index (χ3v) is 4.08. The minimum Gasteiger partial charge on any atom is -0.465 e. The molecule has 0 bridgehead atoms. The summed E-state index contributed by atoms with van der Waals surface area (Å²) in [5.74, 6) is 1.19. The first-order chi connectivity index (χ1) is 11.7. The Hall–Kier alpha value is -2.63. The number of methoxy groups -OCH3 is 1. The number of benzene rings is 1. The Morgan fingerprint density at radius 3 is 2.50 bits per heavy atom. The molecular weight excluding hydrogens is 304 g/mol. The molecule has 1 aliphatic heterocycles. The average molecular weight is 326 g/mol. The number of aryl methyl sites for hydroxylation is 1. The molecule has 0 saturated carbocycles. The lowest BCUT2D eigenvalue weighted by atomic mass is 10.1. The fraction of sp³-hybridized carbons (Fsp3) is 0.389. The summed E-state index contributed by atoms with van der Waals surface area (Å²) in [4.78, 5) is 22.9. The number of nitrogens with one attached hydrogen (secondary N) is 1. The first-order valence-electron chi connectivity index (χ1n) is 8.22. The molecule has 0 unspecified atom stereocenters. The number of anilines is 3. The van der Waals surface area contributed by atoms with Crippen molar-refractivity contribution in [3.63, 3.8) is 0 Å². The van der Waals surface area contributed by atoms with Crippen LogP contribution in [0.2, 0.25) is 0 Å². The minimum absolute atomic E-state index is 0.347. The van der Waals surface area contributed by atoms with E-state index in [1.807, 2.05) is 25.1 Å². The van der Waals surface area contributed by atoms with Crippen LogP contribution in [-0.4, -0.2) is 36.1 Å². The van der Waals surface area contributed by atoms with E-state index in [9.17, 15) is 4.79 Å². The first kappa shape index (κ1) is 16.2. The number of carbonyl (C=O) groups excluding carboxylic acids is 1. The van der Waals surface area contributed by atoms with Crippen LogP contribution in [0.3, 0.4) is 0 Å². The van der Waals surface area contributed by atoms with Gasteiger partial charge in [-0.15, -0.1) is 0 Å². The van der Waals surface area contributed by atoms with Gasteiger partial charge >= 0.3 is 5.97 Å². The van der Waals surface area contributed by atoms with E-state index in [1.54, 1.807) is 12.1 Å². The van der Waals surface area contributed by atoms with Crippen molar-refractivity contribution in [3.8, 4) is 0 Å². The number of hydrogen-bond donors (Lipinski definition) is 1. The second kappa shape index (κ2) is 7.29. The molecule has 1 saturated heterocycles. The molecule has 0 radical (unpaired) electrons. The number of esters is 1. The molecule has 6 nitrogen and oxygen atoms in total. The number of rotatable bonds is 4. The summed E-state index contributed by atoms with van der Waals surface area (Å²) in [5.41, 5.74) is 2.28. The summed E-state index contributed by atoms with van der Waals surface area (Å²) in [6.07, 6.45) is 3.71. The van der Waals surface area contributed by atoms with Gasteiger partial charge in [0, 0.05) is 30.5 Å². The Labute approximate surface area is 141 Å². The summed E-state index contributed by atoms with van der Waals surface area (Å²) in [7, 11) is 1.37. The SMILES string of the molecule is COC(=O)c1ccc(Nc2nc(C)cc(N3CCCCC3)n2)cc1. The smallest absolute Gasteiger partial charge is 0.337 e. The number of nitrogens with zero attached hydrogens (tertiary/aromatic N) is 3. The van der Waals surface area contributed by atoms with Gasteiger partial charge in [-0.1, -0.05) is 0 Å². The molecule has 3 rings (SSSR count). The van der Waals surface area contributed by atoms with Crippen LogP contribution < -0.4 is 10.2 Å². The predicted octanol–water partition coefficient (Wildman–Crippen LogP) is 3.31. The topological polar surface area (TPSA) is 67.3 Å². The van der Waals surface area contributed by atoms with Crippen molar-refractivity contribution in [2.75, 3.05) is 30.4 Å². The Kier molecular flexibility index (Phi) is 4.93. The highest BCUT2D eigenvalue weighted by molar-refractivity contribution is 5.89. The van der Waals surface area contributed by atoms with Crippen LogP contribution in [0, 0.1) is 6.92 Å². The zero-order valence-electron chi connectivity index (χ0n) is 14.1. The molecule has 1 aliphatic rings. The fourth-order valence-electron chi connectivity index (χ4n) is 2.83. The molecule has 6 heteroatoms. The Balaban J connectivity index is 1.77. The summed E-state index contributed by atoms with van der Waals surface area (Å²) in [6.45, 7) is 4.06.